The minimum atomic E-state index is -2.94. The van der Waals surface area contributed by atoms with Gasteiger partial charge >= 0.3 is 5.97 Å². The molecule has 2 amide bonds. The number of benzene rings is 1. The van der Waals surface area contributed by atoms with E-state index in [1.807, 2.05) is 0 Å². The van der Waals surface area contributed by atoms with E-state index in [2.05, 4.69) is 0 Å². The molecule has 4 atom stereocenters. The zero-order valence-electron chi connectivity index (χ0n) is 24.9. The molecular weight excluding hydrogens is 600 g/mol. The van der Waals surface area contributed by atoms with Crippen molar-refractivity contribution in [3.05, 3.63) is 39.7 Å². The molecule has 44 heavy (non-hydrogen) atoms. The molecular formula is C30H40ClF2N5O6. The number of hydrogen-bond donors (Lipinski definition) is 4. The number of halogens is 3. The van der Waals surface area contributed by atoms with Gasteiger partial charge in [0, 0.05) is 43.7 Å². The fourth-order valence-electron chi connectivity index (χ4n) is 7.22. The number of hydrogen-bond acceptors (Lipinski definition) is 8. The molecule has 14 heteroatoms. The summed E-state index contributed by atoms with van der Waals surface area (Å²) in [6.07, 6.45) is -0.702. The highest BCUT2D eigenvalue weighted by Gasteiger charge is 2.54. The Balaban J connectivity index is 1.54. The van der Waals surface area contributed by atoms with Gasteiger partial charge in [-0.15, -0.1) is 0 Å². The molecule has 0 aromatic heterocycles. The van der Waals surface area contributed by atoms with Crippen molar-refractivity contribution in [3.63, 3.8) is 0 Å². The minimum Gasteiger partial charge on any atom is -0.487 e. The molecule has 11 nitrogen and oxygen atoms in total. The predicted octanol–water partition coefficient (Wildman–Crippen LogP) is 2.65. The molecule has 1 aromatic carbocycles. The van der Waals surface area contributed by atoms with Crippen LogP contribution in [0.3, 0.4) is 0 Å². The smallest absolute Gasteiger partial charge is 0.310 e. The third-order valence-corrected chi connectivity index (χ3v) is 10.3. The number of nitrogens with zero attached hydrogens (tertiary/aromatic N) is 3. The highest BCUT2D eigenvalue weighted by molar-refractivity contribution is 6.31. The maximum absolute atomic E-state index is 14.4. The fourth-order valence-corrected chi connectivity index (χ4v) is 7.48. The normalized spacial score (nSPS) is 28.2. The fraction of sp³-hybridized carbons (Fsp3) is 0.633. The standard InChI is InChI=1S/C30H40ClF2N5O6/c1-29(28(42)43)11-16(39)3-4-18(29)27(41)38-10-7-17-19(31)5-6-22(44-14-20(34)25(26(32)33)36(2)35)24(17)21(38)13-37-15-30(8-9-30)12-23(37)40/h5-6,16,18,21,26,39H,3-4,7-15,34-35H2,1-2H3,(H,42,43)/b25-20-/t16-,18-,21+,29-/m0/s1. The highest BCUT2D eigenvalue weighted by Crippen LogP contribution is 2.54. The van der Waals surface area contributed by atoms with Crippen LogP contribution in [0.4, 0.5) is 8.78 Å². The predicted molar refractivity (Wildman–Crippen MR) is 156 cm³/mol. The Morgan fingerprint density at radius 1 is 1.27 bits per heavy atom. The van der Waals surface area contributed by atoms with Gasteiger partial charge in [-0.25, -0.2) is 14.6 Å². The number of aliphatic carboxylic acids is 1. The first-order valence-corrected chi connectivity index (χ1v) is 15.2. The van der Waals surface area contributed by atoms with Crippen LogP contribution in [-0.2, 0) is 20.8 Å². The lowest BCUT2D eigenvalue weighted by molar-refractivity contribution is -0.166. The lowest BCUT2D eigenvalue weighted by Gasteiger charge is -2.46. The SMILES string of the molecule is CN(N)/C(=C(\N)COc1ccc(Cl)c2c1[C@@H](CN1CC3(CC3)CC1=O)N(C(=O)[C@@H]1CC[C@H](O)C[C@]1(C)C(=O)O)CC2)C(F)F. The summed E-state index contributed by atoms with van der Waals surface area (Å²) in [7, 11) is 1.24. The van der Waals surface area contributed by atoms with Crippen molar-refractivity contribution in [3.8, 4) is 5.75 Å². The molecule has 0 unspecified atom stereocenters. The number of carboxylic acids is 1. The maximum Gasteiger partial charge on any atom is 0.310 e. The number of hydrazine groups is 1. The topological polar surface area (TPSA) is 163 Å². The molecule has 2 heterocycles. The molecule has 1 saturated heterocycles. The van der Waals surface area contributed by atoms with Gasteiger partial charge in [0.1, 0.15) is 18.1 Å². The quantitative estimate of drug-likeness (QED) is 0.235. The van der Waals surface area contributed by atoms with Gasteiger partial charge in [0.15, 0.2) is 0 Å². The Labute approximate surface area is 259 Å². The number of aliphatic hydroxyl groups is 1. The van der Waals surface area contributed by atoms with E-state index in [9.17, 15) is 33.4 Å². The second-order valence-electron chi connectivity index (χ2n) is 13.0. The third kappa shape index (κ3) is 5.93. The number of likely N-dealkylation sites (tertiary alicyclic amines) is 1. The molecule has 0 radical (unpaired) electrons. The molecule has 0 bridgehead atoms. The number of rotatable bonds is 9. The summed E-state index contributed by atoms with van der Waals surface area (Å²) in [5.74, 6) is 3.34. The van der Waals surface area contributed by atoms with Crippen LogP contribution in [0.2, 0.25) is 5.02 Å². The summed E-state index contributed by atoms with van der Waals surface area (Å²) < 4.78 is 33.3. The van der Waals surface area contributed by atoms with Gasteiger partial charge in [0.2, 0.25) is 11.8 Å². The number of carbonyl (C=O) groups excluding carboxylic acids is 2. The first-order chi connectivity index (χ1) is 20.7. The van der Waals surface area contributed by atoms with Crippen molar-refractivity contribution in [1.82, 2.24) is 14.8 Å². The molecule has 4 aliphatic rings. The minimum absolute atomic E-state index is 0.0255. The molecule has 2 saturated carbocycles. The highest BCUT2D eigenvalue weighted by atomic mass is 35.5. The van der Waals surface area contributed by atoms with Gasteiger partial charge in [-0.3, -0.25) is 14.4 Å². The summed E-state index contributed by atoms with van der Waals surface area (Å²) in [5, 5.41) is 21.6. The average molecular weight is 640 g/mol. The number of ether oxygens (including phenoxy) is 1. The summed E-state index contributed by atoms with van der Waals surface area (Å²) >= 11 is 6.65. The van der Waals surface area contributed by atoms with E-state index < -0.39 is 48.2 Å². The van der Waals surface area contributed by atoms with Crippen LogP contribution in [-0.4, -0.2) is 88.6 Å². The molecule has 1 aromatic rings. The summed E-state index contributed by atoms with van der Waals surface area (Å²) in [5.41, 5.74) is 4.79. The average Bonchev–Trinajstić information content (AvgIpc) is 3.62. The van der Waals surface area contributed by atoms with Crippen LogP contribution in [0.5, 0.6) is 5.75 Å². The molecule has 5 rings (SSSR count). The number of fused-ring (bicyclic) bond motifs is 1. The Morgan fingerprint density at radius 3 is 2.57 bits per heavy atom. The van der Waals surface area contributed by atoms with E-state index in [0.29, 0.717) is 35.5 Å². The number of alkyl halides is 2. The maximum atomic E-state index is 14.4. The zero-order chi connectivity index (χ0) is 32.1. The number of amides is 2. The number of aliphatic hydroxyl groups excluding tert-OH is 1. The van der Waals surface area contributed by atoms with Gasteiger partial charge in [0.05, 0.1) is 29.2 Å². The van der Waals surface area contributed by atoms with Crippen molar-refractivity contribution in [2.24, 2.45) is 28.3 Å². The second kappa shape index (κ2) is 12.0. The monoisotopic (exact) mass is 639 g/mol. The van der Waals surface area contributed by atoms with Gasteiger partial charge in [0.25, 0.3) is 6.43 Å². The first kappa shape index (κ1) is 32.2. The molecule has 2 aliphatic carbocycles. The number of carbonyl (C=O) groups is 3. The van der Waals surface area contributed by atoms with Gasteiger partial charge in [-0.05, 0) is 68.6 Å². The Hall–Kier alpha value is -3.16. The van der Waals surface area contributed by atoms with Crippen molar-refractivity contribution >= 4 is 29.4 Å². The molecule has 1 spiro atoms. The number of nitrogens with two attached hydrogens (primary N) is 2. The van der Waals surface area contributed by atoms with Gasteiger partial charge in [-0.2, -0.15) is 0 Å². The first-order valence-electron chi connectivity index (χ1n) is 14.9. The molecule has 3 fully saturated rings. The van der Waals surface area contributed by atoms with Crippen molar-refractivity contribution in [2.75, 3.05) is 33.3 Å². The molecule has 6 N–H and O–H groups in total. The van der Waals surface area contributed by atoms with Crippen molar-refractivity contribution in [2.45, 2.75) is 70.4 Å². The van der Waals surface area contributed by atoms with E-state index in [1.54, 1.807) is 21.9 Å². The van der Waals surface area contributed by atoms with E-state index in [0.717, 1.165) is 17.9 Å². The summed E-state index contributed by atoms with van der Waals surface area (Å²) in [6, 6.07) is 2.45. The van der Waals surface area contributed by atoms with Crippen LogP contribution in [0.15, 0.2) is 23.5 Å². The van der Waals surface area contributed by atoms with Crippen molar-refractivity contribution in [1.29, 1.82) is 0 Å². The number of carboxylic acid groups (broad SMARTS) is 1. The third-order valence-electron chi connectivity index (χ3n) is 9.91. The largest absolute Gasteiger partial charge is 0.487 e. The van der Waals surface area contributed by atoms with Crippen LogP contribution in [0.1, 0.15) is 62.6 Å². The van der Waals surface area contributed by atoms with E-state index in [4.69, 9.17) is 27.9 Å². The lowest BCUT2D eigenvalue weighted by Crippen LogP contribution is -2.54. The van der Waals surface area contributed by atoms with Crippen molar-refractivity contribution < 1.29 is 38.1 Å². The lowest BCUT2D eigenvalue weighted by atomic mass is 9.65. The Kier molecular flexibility index (Phi) is 8.78. The molecule has 2 aliphatic heterocycles. The zero-order valence-corrected chi connectivity index (χ0v) is 25.7. The van der Waals surface area contributed by atoms with E-state index in [-0.39, 0.29) is 61.0 Å². The summed E-state index contributed by atoms with van der Waals surface area (Å²) in [6.45, 7) is 1.96. The van der Waals surface area contributed by atoms with Crippen LogP contribution >= 0.6 is 11.6 Å². The Bertz CT molecular complexity index is 1360. The van der Waals surface area contributed by atoms with Crippen LogP contribution in [0.25, 0.3) is 0 Å². The summed E-state index contributed by atoms with van der Waals surface area (Å²) in [4.78, 5) is 43.3. The van der Waals surface area contributed by atoms with Gasteiger partial charge < -0.3 is 35.5 Å². The van der Waals surface area contributed by atoms with Gasteiger partial charge in [-0.1, -0.05) is 11.6 Å². The van der Waals surface area contributed by atoms with Crippen LogP contribution in [0, 0.1) is 16.7 Å². The van der Waals surface area contributed by atoms with Crippen LogP contribution < -0.4 is 16.3 Å². The second-order valence-corrected chi connectivity index (χ2v) is 13.4. The molecule has 242 valence electrons. The van der Waals surface area contributed by atoms with E-state index >= 15 is 0 Å². The van der Waals surface area contributed by atoms with E-state index in [1.165, 1.54) is 14.0 Å². The Morgan fingerprint density at radius 2 is 1.98 bits per heavy atom. The number of allylic oxidation sites excluding steroid dienone is 1.